The Labute approximate surface area is 228 Å². The van der Waals surface area contributed by atoms with Gasteiger partial charge in [-0.15, -0.1) is 33.5 Å². The molecule has 2 atom stereocenters. The van der Waals surface area contributed by atoms with Gasteiger partial charge in [-0.1, -0.05) is 72.4 Å². The van der Waals surface area contributed by atoms with Crippen molar-refractivity contribution in [1.29, 1.82) is 0 Å². The van der Waals surface area contributed by atoms with Crippen LogP contribution in [0, 0.1) is 39.5 Å². The molecule has 0 unspecified atom stereocenters. The Bertz CT molecular complexity index is 1620. The van der Waals surface area contributed by atoms with Crippen molar-refractivity contribution in [3.05, 3.63) is 83.6 Å². The second kappa shape index (κ2) is 8.70. The van der Waals surface area contributed by atoms with Crippen molar-refractivity contribution in [2.45, 2.75) is 61.3 Å². The quantitative estimate of drug-likeness (QED) is 0.488. The molecule has 1 saturated heterocycles. The van der Waals surface area contributed by atoms with E-state index in [0.717, 1.165) is 68.0 Å². The van der Waals surface area contributed by atoms with E-state index in [1.807, 2.05) is 6.92 Å². The van der Waals surface area contributed by atoms with Crippen LogP contribution in [0.2, 0.25) is 0 Å². The van der Waals surface area contributed by atoms with Gasteiger partial charge in [0.15, 0.2) is 5.78 Å². The van der Waals surface area contributed by atoms with Crippen LogP contribution < -0.4 is 25.7 Å². The first-order chi connectivity index (χ1) is 16.7. The molecule has 6 heteroatoms. The van der Waals surface area contributed by atoms with Crippen molar-refractivity contribution in [1.82, 2.24) is 15.0 Å². The van der Waals surface area contributed by atoms with E-state index in [-0.39, 0.29) is 40.7 Å². The fraction of sp³-hybridized carbons (Fsp3) is 0.367. The van der Waals surface area contributed by atoms with Crippen molar-refractivity contribution in [2.75, 3.05) is 0 Å². The predicted molar refractivity (Wildman–Crippen MR) is 145 cm³/mol. The fourth-order valence-electron chi connectivity index (χ4n) is 5.85. The number of rotatable bonds is 1. The summed E-state index contributed by atoms with van der Waals surface area (Å²) in [7, 11) is 0. The van der Waals surface area contributed by atoms with Gasteiger partial charge in [-0.05, 0) is 46.0 Å². The van der Waals surface area contributed by atoms with Crippen LogP contribution in [0.3, 0.4) is 0 Å². The number of hydrogen-bond acceptors (Lipinski definition) is 1. The Balaban J connectivity index is 0.00000267. The molecule has 0 spiro atoms. The normalized spacial score (nSPS) is 25.4. The molecule has 3 aromatic rings. The molecule has 1 aliphatic carbocycles. The molecule has 5 nitrogen and oxygen atoms in total. The minimum absolute atomic E-state index is 0. The van der Waals surface area contributed by atoms with Crippen LogP contribution >= 0.6 is 0 Å². The molecule has 5 heterocycles. The number of ketones is 1. The molecule has 180 valence electrons. The zero-order valence-corrected chi connectivity index (χ0v) is 23.6. The van der Waals surface area contributed by atoms with Gasteiger partial charge in [0.25, 0.3) is 0 Å². The van der Waals surface area contributed by atoms with Gasteiger partial charge in [-0.25, -0.2) is 0 Å². The fourth-order valence-corrected chi connectivity index (χ4v) is 5.85. The first-order valence-corrected chi connectivity index (χ1v) is 12.6. The maximum absolute atomic E-state index is 13.1. The van der Waals surface area contributed by atoms with Gasteiger partial charge in [0.2, 0.25) is 0 Å². The van der Waals surface area contributed by atoms with Crippen molar-refractivity contribution in [2.24, 2.45) is 11.8 Å². The van der Waals surface area contributed by atoms with E-state index in [4.69, 9.17) is 20.3 Å². The minimum Gasteiger partial charge on any atom is -0.664 e. The standard InChI is InChI=1S/C30H31N4O.Mg/c1-8-19-17(6)24-11-22-14(3)13(2)21(31-22)10-23-15(4)16(5)29(33-23)20-9-27(35)28-18(7)25(34-30(20)28)12-26(19)32-24;/h10-12,15-16H,8-9H2,1-7H3,(H-,33,34,35);/q-3;+2/p-1/b23-10-,24-11-,26-12-;/t15-,16-;/m0./s1. The van der Waals surface area contributed by atoms with Crippen LogP contribution in [0.25, 0.3) is 29.1 Å². The molecule has 0 amide bonds. The van der Waals surface area contributed by atoms with E-state index < -0.39 is 0 Å². The Hall–Kier alpha value is -2.70. The number of nitrogens with zero attached hydrogens (tertiary/aromatic N) is 4. The van der Waals surface area contributed by atoms with Gasteiger partial charge in [0.1, 0.15) is 0 Å². The molecule has 0 radical (unpaired) electrons. The van der Waals surface area contributed by atoms with Crippen molar-refractivity contribution < 1.29 is 4.79 Å². The zero-order valence-electron chi connectivity index (χ0n) is 22.2. The molecular weight excluding hydrogens is 457 g/mol. The second-order valence-electron chi connectivity index (χ2n) is 10.3. The van der Waals surface area contributed by atoms with Gasteiger partial charge >= 0.3 is 23.1 Å². The van der Waals surface area contributed by atoms with Crippen molar-refractivity contribution in [3.8, 4) is 0 Å². The summed E-state index contributed by atoms with van der Waals surface area (Å²) in [4.78, 5) is 28.2. The summed E-state index contributed by atoms with van der Waals surface area (Å²) in [5.41, 5.74) is 13.0. The zero-order chi connectivity index (χ0) is 24.8. The first-order valence-electron chi connectivity index (χ1n) is 12.6. The molecule has 36 heavy (non-hydrogen) atoms. The summed E-state index contributed by atoms with van der Waals surface area (Å²) in [6, 6.07) is 0. The van der Waals surface area contributed by atoms with E-state index >= 15 is 0 Å². The molecule has 0 saturated carbocycles. The van der Waals surface area contributed by atoms with Gasteiger partial charge in [0.05, 0.1) is 0 Å². The molecular formula is C30H30MgN4O-2. The summed E-state index contributed by atoms with van der Waals surface area (Å²) >= 11 is 0. The average molecular weight is 487 g/mol. The maximum atomic E-state index is 13.1. The number of aromatic nitrogens is 3. The smallest absolute Gasteiger partial charge is 0.664 e. The monoisotopic (exact) mass is 486 g/mol. The van der Waals surface area contributed by atoms with Crippen LogP contribution in [-0.4, -0.2) is 28.8 Å². The minimum atomic E-state index is 0. The topological polar surface area (TPSA) is 73.5 Å². The third-order valence-electron chi connectivity index (χ3n) is 8.48. The number of carbonyl (C=O) groups is 1. The Morgan fingerprint density at radius 3 is 2.14 bits per heavy atom. The third kappa shape index (κ3) is 3.45. The largest absolute Gasteiger partial charge is 2.00 e. The SMILES string of the molecule is CCc1c(C)/c2[n-]/c1=C\c1[n-]c3c(c1C)C(=O)C/C3=C1/[N-]/C(=C\c3[n-]c(c(C)c3C)\C=2)[C@@H](C)[C@@H]1C.[Mg+2]. The predicted octanol–water partition coefficient (Wildman–Crippen LogP) is 3.94. The summed E-state index contributed by atoms with van der Waals surface area (Å²) in [6.07, 6.45) is 7.56. The molecule has 2 aliphatic heterocycles. The van der Waals surface area contributed by atoms with Crippen LogP contribution in [-0.2, 0) is 6.42 Å². The van der Waals surface area contributed by atoms with Crippen LogP contribution in [0.5, 0.6) is 0 Å². The van der Waals surface area contributed by atoms with Gasteiger partial charge in [0, 0.05) is 12.0 Å². The first kappa shape index (κ1) is 25.0. The van der Waals surface area contributed by atoms with Crippen LogP contribution in [0.4, 0.5) is 0 Å². The van der Waals surface area contributed by atoms with Gasteiger partial charge in [-0.2, -0.15) is 11.4 Å². The van der Waals surface area contributed by atoms with E-state index in [1.165, 1.54) is 22.3 Å². The summed E-state index contributed by atoms with van der Waals surface area (Å²) in [6.45, 7) is 15.0. The maximum Gasteiger partial charge on any atom is 2.00 e. The Morgan fingerprint density at radius 2 is 1.44 bits per heavy atom. The molecule has 3 aromatic heterocycles. The summed E-state index contributed by atoms with van der Waals surface area (Å²) in [5.74, 6) is 0.600. The van der Waals surface area contributed by atoms with Crippen molar-refractivity contribution in [3.63, 3.8) is 0 Å². The van der Waals surface area contributed by atoms with Gasteiger partial charge in [-0.3, -0.25) is 4.79 Å². The van der Waals surface area contributed by atoms with Crippen LogP contribution in [0.1, 0.15) is 88.1 Å². The number of carbonyl (C=O) groups excluding carboxylic acids is 1. The van der Waals surface area contributed by atoms with Gasteiger partial charge < -0.3 is 20.3 Å². The van der Waals surface area contributed by atoms with Crippen molar-refractivity contribution >= 4 is 52.6 Å². The number of fused-ring (bicyclic) bond motifs is 7. The van der Waals surface area contributed by atoms with E-state index in [1.54, 1.807) is 0 Å². The summed E-state index contributed by atoms with van der Waals surface area (Å²) < 4.78 is 0. The van der Waals surface area contributed by atoms with Crippen LogP contribution in [0.15, 0.2) is 11.4 Å². The van der Waals surface area contributed by atoms with E-state index in [2.05, 4.69) is 59.8 Å². The summed E-state index contributed by atoms with van der Waals surface area (Å²) in [5, 5.41) is 6.97. The molecule has 0 aromatic carbocycles. The molecule has 6 rings (SSSR count). The third-order valence-corrected chi connectivity index (χ3v) is 8.48. The average Bonchev–Trinajstić information content (AvgIpc) is 3.55. The Morgan fingerprint density at radius 1 is 0.806 bits per heavy atom. The number of Topliss-reactive ketones (excluding diaryl/α,β-unsaturated/α-hetero) is 1. The second-order valence-corrected chi connectivity index (χ2v) is 10.3. The van der Waals surface area contributed by atoms with E-state index in [0.29, 0.717) is 6.42 Å². The van der Waals surface area contributed by atoms with E-state index in [9.17, 15) is 4.79 Å². The molecule has 3 aliphatic rings. The molecule has 0 N–H and O–H groups in total. The molecule has 8 bridgehead atoms. The molecule has 1 fully saturated rings. The number of allylic oxidation sites excluding steroid dienone is 3. The number of hydrogen-bond donors (Lipinski definition) is 0. The Kier molecular flexibility index (Phi) is 6.03.